The zero-order valence-corrected chi connectivity index (χ0v) is 10.5. The Hall–Kier alpha value is -2.07. The predicted molar refractivity (Wildman–Crippen MR) is 74.5 cm³/mol. The maximum absolute atomic E-state index is 14.1. The molecule has 0 aliphatic rings. The molecule has 1 nitrogen and oxygen atoms in total. The van der Waals surface area contributed by atoms with Crippen LogP contribution in [0.1, 0.15) is 0 Å². The molecule has 0 unspecified atom stereocenters. The first-order valence-electron chi connectivity index (χ1n) is 5.79. The van der Waals surface area contributed by atoms with Crippen molar-refractivity contribution in [3.8, 4) is 0 Å². The lowest BCUT2D eigenvalue weighted by atomic mass is 10.1. The third-order valence-corrected chi connectivity index (χ3v) is 4.35. The van der Waals surface area contributed by atoms with E-state index >= 15 is 0 Å². The molecule has 0 atom stereocenters. The second-order valence-electron chi connectivity index (χ2n) is 4.35. The van der Waals surface area contributed by atoms with Crippen LogP contribution >= 0.6 is 11.3 Å². The number of para-hydroxylation sites is 1. The second kappa shape index (κ2) is 3.71. The zero-order chi connectivity index (χ0) is 13.0. The molecule has 0 saturated heterocycles. The van der Waals surface area contributed by atoms with Crippen LogP contribution in [0.15, 0.2) is 42.6 Å². The van der Waals surface area contributed by atoms with Crippen LogP contribution in [-0.2, 0) is 0 Å². The molecule has 0 aliphatic heterocycles. The molecule has 2 aromatic heterocycles. The first kappa shape index (κ1) is 10.8. The third kappa shape index (κ3) is 1.40. The summed E-state index contributed by atoms with van der Waals surface area (Å²) in [5.74, 6) is -0.657. The Balaban J connectivity index is 2.38. The van der Waals surface area contributed by atoms with Crippen molar-refractivity contribution in [3.63, 3.8) is 0 Å². The molecule has 0 spiro atoms. The average molecular weight is 271 g/mol. The molecule has 0 aliphatic carbocycles. The highest BCUT2D eigenvalue weighted by Gasteiger charge is 2.14. The summed E-state index contributed by atoms with van der Waals surface area (Å²) in [6, 6.07) is 9.76. The molecule has 0 radical (unpaired) electrons. The Labute approximate surface area is 111 Å². The third-order valence-electron chi connectivity index (χ3n) is 3.26. The summed E-state index contributed by atoms with van der Waals surface area (Å²) in [4.78, 5) is 4.15. The van der Waals surface area contributed by atoms with E-state index in [0.717, 1.165) is 14.8 Å². The van der Waals surface area contributed by atoms with E-state index in [4.69, 9.17) is 0 Å². The van der Waals surface area contributed by atoms with Crippen molar-refractivity contribution in [2.45, 2.75) is 0 Å². The Bertz CT molecular complexity index is 943. The molecule has 92 valence electrons. The zero-order valence-electron chi connectivity index (χ0n) is 9.65. The van der Waals surface area contributed by atoms with E-state index in [9.17, 15) is 8.78 Å². The van der Waals surface area contributed by atoms with E-state index in [2.05, 4.69) is 4.98 Å². The normalized spacial score (nSPS) is 11.7. The molecule has 19 heavy (non-hydrogen) atoms. The number of pyridine rings is 1. The van der Waals surface area contributed by atoms with Gasteiger partial charge in [-0.2, -0.15) is 0 Å². The highest BCUT2D eigenvalue weighted by atomic mass is 32.1. The molecular weight excluding hydrogens is 264 g/mol. The number of fused-ring (bicyclic) bond motifs is 5. The molecule has 2 aromatic carbocycles. The van der Waals surface area contributed by atoms with Crippen molar-refractivity contribution in [2.24, 2.45) is 0 Å². The Morgan fingerprint density at radius 3 is 2.53 bits per heavy atom. The van der Waals surface area contributed by atoms with Crippen LogP contribution in [0.25, 0.3) is 31.1 Å². The lowest BCUT2D eigenvalue weighted by Crippen LogP contribution is -1.84. The first-order valence-corrected chi connectivity index (χ1v) is 6.61. The predicted octanol–water partition coefficient (Wildman–Crippen LogP) is 4.88. The van der Waals surface area contributed by atoms with Crippen molar-refractivity contribution in [1.29, 1.82) is 0 Å². The Morgan fingerprint density at radius 1 is 0.842 bits per heavy atom. The van der Waals surface area contributed by atoms with Gasteiger partial charge in [0.25, 0.3) is 0 Å². The van der Waals surface area contributed by atoms with Gasteiger partial charge in [0.1, 0.15) is 17.2 Å². The standard InChI is InChI=1S/C15H7F2NS/c16-9-4-2-6-11-14(9)13-8-3-1-5-10(17)15(8)18-7-12(13)19-11/h1-7H. The van der Waals surface area contributed by atoms with Crippen molar-refractivity contribution in [2.75, 3.05) is 0 Å². The van der Waals surface area contributed by atoms with Crippen LogP contribution in [-0.4, -0.2) is 4.98 Å². The molecule has 0 bridgehead atoms. The van der Waals surface area contributed by atoms with E-state index in [1.165, 1.54) is 23.5 Å². The van der Waals surface area contributed by atoms with Crippen molar-refractivity contribution in [3.05, 3.63) is 54.2 Å². The molecule has 0 saturated carbocycles. The minimum atomic E-state index is -0.380. The number of benzene rings is 2. The van der Waals surface area contributed by atoms with E-state index in [-0.39, 0.29) is 17.2 Å². The lowest BCUT2D eigenvalue weighted by Gasteiger charge is -2.01. The van der Waals surface area contributed by atoms with Gasteiger partial charge in [0.05, 0.1) is 4.70 Å². The van der Waals surface area contributed by atoms with Crippen molar-refractivity contribution < 1.29 is 8.78 Å². The van der Waals surface area contributed by atoms with E-state index in [0.29, 0.717) is 10.8 Å². The van der Waals surface area contributed by atoms with Crippen LogP contribution in [0.3, 0.4) is 0 Å². The van der Waals surface area contributed by atoms with Crippen LogP contribution in [0.2, 0.25) is 0 Å². The van der Waals surface area contributed by atoms with E-state index < -0.39 is 0 Å². The van der Waals surface area contributed by atoms with Crippen LogP contribution in [0.4, 0.5) is 8.78 Å². The summed E-state index contributed by atoms with van der Waals surface area (Å²) >= 11 is 1.47. The van der Waals surface area contributed by atoms with Gasteiger partial charge >= 0.3 is 0 Å². The van der Waals surface area contributed by atoms with Crippen LogP contribution in [0, 0.1) is 11.6 Å². The van der Waals surface area contributed by atoms with Gasteiger partial charge in [-0.1, -0.05) is 18.2 Å². The fourth-order valence-corrected chi connectivity index (χ4v) is 3.56. The van der Waals surface area contributed by atoms with Gasteiger partial charge in [-0.3, -0.25) is 4.98 Å². The molecule has 2 heterocycles. The second-order valence-corrected chi connectivity index (χ2v) is 5.43. The van der Waals surface area contributed by atoms with Crippen LogP contribution < -0.4 is 0 Å². The summed E-state index contributed by atoms with van der Waals surface area (Å²) in [7, 11) is 0. The average Bonchev–Trinajstić information content (AvgIpc) is 2.79. The smallest absolute Gasteiger partial charge is 0.149 e. The van der Waals surface area contributed by atoms with Gasteiger partial charge < -0.3 is 0 Å². The molecular formula is C15H7F2NS. The van der Waals surface area contributed by atoms with E-state index in [1.54, 1.807) is 24.4 Å². The summed E-state index contributed by atoms with van der Waals surface area (Å²) in [5.41, 5.74) is 0.290. The number of hydrogen-bond donors (Lipinski definition) is 0. The maximum Gasteiger partial charge on any atom is 0.149 e. The van der Waals surface area contributed by atoms with Gasteiger partial charge in [0, 0.05) is 27.1 Å². The fourth-order valence-electron chi connectivity index (χ4n) is 2.45. The Morgan fingerprint density at radius 2 is 1.63 bits per heavy atom. The summed E-state index contributed by atoms with van der Waals surface area (Å²) in [5, 5.41) is 1.97. The van der Waals surface area contributed by atoms with Crippen LogP contribution in [0.5, 0.6) is 0 Å². The van der Waals surface area contributed by atoms with Gasteiger partial charge in [-0.15, -0.1) is 11.3 Å². The Kier molecular flexibility index (Phi) is 2.11. The molecule has 4 heteroatoms. The largest absolute Gasteiger partial charge is 0.252 e. The van der Waals surface area contributed by atoms with Gasteiger partial charge in [0.15, 0.2) is 0 Å². The number of nitrogens with zero attached hydrogens (tertiary/aromatic N) is 1. The highest BCUT2D eigenvalue weighted by Crippen LogP contribution is 2.38. The number of halogens is 2. The van der Waals surface area contributed by atoms with E-state index in [1.807, 2.05) is 6.07 Å². The molecule has 0 fully saturated rings. The molecule has 4 rings (SSSR count). The quantitative estimate of drug-likeness (QED) is 0.444. The number of rotatable bonds is 0. The number of thiophene rings is 1. The minimum Gasteiger partial charge on any atom is -0.252 e. The molecule has 0 amide bonds. The maximum atomic E-state index is 14.1. The summed E-state index contributed by atoms with van der Waals surface area (Å²) in [6.45, 7) is 0. The van der Waals surface area contributed by atoms with Gasteiger partial charge in [-0.25, -0.2) is 8.78 Å². The lowest BCUT2D eigenvalue weighted by molar-refractivity contribution is 0.636. The summed E-state index contributed by atoms with van der Waals surface area (Å²) < 4.78 is 29.6. The number of aromatic nitrogens is 1. The highest BCUT2D eigenvalue weighted by molar-refractivity contribution is 7.26. The van der Waals surface area contributed by atoms with Crippen molar-refractivity contribution >= 4 is 42.4 Å². The SMILES string of the molecule is Fc1cccc2c1ncc1sc3cccc(F)c3c12. The van der Waals surface area contributed by atoms with Crippen molar-refractivity contribution in [1.82, 2.24) is 4.98 Å². The van der Waals surface area contributed by atoms with Gasteiger partial charge in [-0.05, 0) is 18.2 Å². The molecule has 4 aromatic rings. The monoisotopic (exact) mass is 271 g/mol. The first-order chi connectivity index (χ1) is 9.25. The molecule has 0 N–H and O–H groups in total. The minimum absolute atomic E-state index is 0.277. The fraction of sp³-hybridized carbons (Fsp3) is 0. The topological polar surface area (TPSA) is 12.9 Å². The number of hydrogen-bond acceptors (Lipinski definition) is 2. The summed E-state index contributed by atoms with van der Waals surface area (Å²) in [6.07, 6.45) is 1.62. The van der Waals surface area contributed by atoms with Gasteiger partial charge in [0.2, 0.25) is 0 Å².